The molecule has 6 nitrogen and oxygen atoms in total. The number of amides is 1. The molecule has 6 heteroatoms. The first-order valence-corrected chi connectivity index (χ1v) is 5.56. The lowest BCUT2D eigenvalue weighted by Crippen LogP contribution is -2.30. The number of para-hydroxylation sites is 2. The number of hydrogen-bond acceptors (Lipinski definition) is 4. The van der Waals surface area contributed by atoms with E-state index >= 15 is 0 Å². The smallest absolute Gasteiger partial charge is 0.407 e. The average Bonchev–Trinajstić information content (AvgIpc) is 2.80. The van der Waals surface area contributed by atoms with Gasteiger partial charge in [-0.3, -0.25) is 4.79 Å². The van der Waals surface area contributed by atoms with Crippen LogP contribution in [0.5, 0.6) is 0 Å². The van der Waals surface area contributed by atoms with E-state index in [2.05, 4.69) is 10.3 Å². The molecule has 1 aromatic carbocycles. The Kier molecular flexibility index (Phi) is 2.29. The summed E-state index contributed by atoms with van der Waals surface area (Å²) in [5.74, 6) is 0. The van der Waals surface area contributed by atoms with E-state index in [0.717, 1.165) is 11.0 Å². The number of benzene rings is 1. The fourth-order valence-electron chi connectivity index (χ4n) is 2.06. The molecule has 1 N–H and O–H groups in total. The molecule has 1 saturated heterocycles. The van der Waals surface area contributed by atoms with Gasteiger partial charge in [-0.1, -0.05) is 12.1 Å². The van der Waals surface area contributed by atoms with Crippen LogP contribution in [0.1, 0.15) is 11.7 Å². The Hall–Kier alpha value is -2.37. The minimum absolute atomic E-state index is 0.138. The van der Waals surface area contributed by atoms with Crippen LogP contribution in [0.3, 0.4) is 0 Å². The highest BCUT2D eigenvalue weighted by Gasteiger charge is 2.28. The highest BCUT2D eigenvalue weighted by atomic mass is 16.6. The van der Waals surface area contributed by atoms with Gasteiger partial charge in [-0.25, -0.2) is 9.78 Å². The van der Waals surface area contributed by atoms with Gasteiger partial charge in [0.05, 0.1) is 11.0 Å². The van der Waals surface area contributed by atoms with E-state index in [1.165, 1.54) is 4.57 Å². The molecule has 0 saturated carbocycles. The summed E-state index contributed by atoms with van der Waals surface area (Å²) in [5.41, 5.74) is 1.57. The summed E-state index contributed by atoms with van der Waals surface area (Å²) in [6.45, 7) is 0.138. The van der Waals surface area contributed by atoms with E-state index in [9.17, 15) is 9.59 Å². The molecule has 2 heterocycles. The molecular formula is C12H11N3O3. The number of carbonyl (C=O) groups is 1. The monoisotopic (exact) mass is 245 g/mol. The zero-order chi connectivity index (χ0) is 12.7. The van der Waals surface area contributed by atoms with Crippen molar-refractivity contribution in [1.82, 2.24) is 14.9 Å². The van der Waals surface area contributed by atoms with Gasteiger partial charge in [0, 0.05) is 7.05 Å². The lowest BCUT2D eigenvalue weighted by atomic mass is 10.2. The minimum atomic E-state index is -0.517. The van der Waals surface area contributed by atoms with Crippen LogP contribution < -0.4 is 10.9 Å². The summed E-state index contributed by atoms with van der Waals surface area (Å²) < 4.78 is 6.32. The van der Waals surface area contributed by atoms with Gasteiger partial charge in [0.1, 0.15) is 18.3 Å². The van der Waals surface area contributed by atoms with Crippen molar-refractivity contribution >= 4 is 17.1 Å². The second-order valence-electron chi connectivity index (χ2n) is 4.15. The third-order valence-corrected chi connectivity index (χ3v) is 3.01. The summed E-state index contributed by atoms with van der Waals surface area (Å²) in [5, 5.41) is 2.57. The number of fused-ring (bicyclic) bond motifs is 1. The largest absolute Gasteiger partial charge is 0.447 e. The van der Waals surface area contributed by atoms with Crippen LogP contribution in [-0.4, -0.2) is 22.3 Å². The van der Waals surface area contributed by atoms with E-state index < -0.39 is 12.1 Å². The predicted molar refractivity (Wildman–Crippen MR) is 64.2 cm³/mol. The van der Waals surface area contributed by atoms with Crippen LogP contribution in [0.15, 0.2) is 29.1 Å². The Morgan fingerprint density at radius 1 is 1.39 bits per heavy atom. The summed E-state index contributed by atoms with van der Waals surface area (Å²) in [6.07, 6.45) is -0.517. The standard InChI is InChI=1S/C12H11N3O3/c1-15-9-5-3-2-4-7(9)13-10(11(15)16)8-6-18-12(17)14-8/h2-5,8H,6H2,1H3,(H,14,17). The van der Waals surface area contributed by atoms with Crippen molar-refractivity contribution in [3.8, 4) is 0 Å². The van der Waals surface area contributed by atoms with Gasteiger partial charge in [-0.15, -0.1) is 0 Å². The molecule has 0 aliphatic carbocycles. The van der Waals surface area contributed by atoms with Crippen molar-refractivity contribution < 1.29 is 9.53 Å². The van der Waals surface area contributed by atoms with Crippen molar-refractivity contribution in [2.75, 3.05) is 6.61 Å². The third-order valence-electron chi connectivity index (χ3n) is 3.01. The second kappa shape index (κ2) is 3.83. The lowest BCUT2D eigenvalue weighted by molar-refractivity contribution is 0.176. The molecule has 92 valence electrons. The topological polar surface area (TPSA) is 73.2 Å². The van der Waals surface area contributed by atoms with Crippen LogP contribution in [0.4, 0.5) is 4.79 Å². The van der Waals surface area contributed by atoms with Gasteiger partial charge in [0.2, 0.25) is 0 Å². The first kappa shape index (κ1) is 10.8. The van der Waals surface area contributed by atoms with Crippen molar-refractivity contribution in [3.05, 3.63) is 40.3 Å². The van der Waals surface area contributed by atoms with Crippen molar-refractivity contribution in [2.45, 2.75) is 6.04 Å². The van der Waals surface area contributed by atoms with Crippen molar-refractivity contribution in [3.63, 3.8) is 0 Å². The van der Waals surface area contributed by atoms with Crippen LogP contribution in [0.2, 0.25) is 0 Å². The number of nitrogens with zero attached hydrogens (tertiary/aromatic N) is 2. The van der Waals surface area contributed by atoms with Gasteiger partial charge >= 0.3 is 6.09 Å². The van der Waals surface area contributed by atoms with E-state index in [-0.39, 0.29) is 12.2 Å². The molecule has 0 bridgehead atoms. The molecule has 3 rings (SSSR count). The molecule has 1 amide bonds. The second-order valence-corrected chi connectivity index (χ2v) is 4.15. The summed E-state index contributed by atoms with van der Waals surface area (Å²) in [7, 11) is 1.69. The minimum Gasteiger partial charge on any atom is -0.447 e. The fraction of sp³-hybridized carbons (Fsp3) is 0.250. The molecule has 1 aromatic heterocycles. The number of rotatable bonds is 1. The normalized spacial score (nSPS) is 18.7. The quantitative estimate of drug-likeness (QED) is 0.803. The number of aromatic nitrogens is 2. The highest BCUT2D eigenvalue weighted by molar-refractivity contribution is 5.75. The molecule has 18 heavy (non-hydrogen) atoms. The molecule has 2 aromatic rings. The Labute approximate surface area is 102 Å². The molecule has 0 spiro atoms. The highest BCUT2D eigenvalue weighted by Crippen LogP contribution is 2.16. The zero-order valence-electron chi connectivity index (χ0n) is 9.71. The Morgan fingerprint density at radius 3 is 2.89 bits per heavy atom. The maximum atomic E-state index is 12.2. The number of cyclic esters (lactones) is 1. The van der Waals surface area contributed by atoms with E-state index in [0.29, 0.717) is 5.69 Å². The average molecular weight is 245 g/mol. The van der Waals surface area contributed by atoms with Gasteiger partial charge < -0.3 is 14.6 Å². The van der Waals surface area contributed by atoms with Crippen LogP contribution in [0, 0.1) is 0 Å². The number of alkyl carbamates (subject to hydrolysis) is 1. The number of nitrogens with one attached hydrogen (secondary N) is 1. The number of carbonyl (C=O) groups excluding carboxylic acids is 1. The van der Waals surface area contributed by atoms with E-state index in [4.69, 9.17) is 4.74 Å². The molecule has 1 unspecified atom stereocenters. The summed E-state index contributed by atoms with van der Waals surface area (Å²) in [4.78, 5) is 27.5. The SMILES string of the molecule is Cn1c(=O)c(C2COC(=O)N2)nc2ccccc21. The lowest BCUT2D eigenvalue weighted by Gasteiger charge is -2.10. The van der Waals surface area contributed by atoms with Crippen molar-refractivity contribution in [1.29, 1.82) is 0 Å². The maximum Gasteiger partial charge on any atom is 0.407 e. The molecular weight excluding hydrogens is 234 g/mol. The van der Waals surface area contributed by atoms with E-state index in [1.54, 1.807) is 7.05 Å². The first-order valence-electron chi connectivity index (χ1n) is 5.56. The zero-order valence-corrected chi connectivity index (χ0v) is 9.71. The fourth-order valence-corrected chi connectivity index (χ4v) is 2.06. The Bertz CT molecular complexity index is 693. The molecule has 1 aliphatic heterocycles. The first-order chi connectivity index (χ1) is 8.66. The summed E-state index contributed by atoms with van der Waals surface area (Å²) in [6, 6.07) is 6.89. The number of ether oxygens (including phenoxy) is 1. The van der Waals surface area contributed by atoms with Crippen LogP contribution >= 0.6 is 0 Å². The molecule has 1 fully saturated rings. The summed E-state index contributed by atoms with van der Waals surface area (Å²) >= 11 is 0. The molecule has 1 aliphatic rings. The van der Waals surface area contributed by atoms with Crippen molar-refractivity contribution in [2.24, 2.45) is 7.05 Å². The molecule has 0 radical (unpaired) electrons. The predicted octanol–water partition coefficient (Wildman–Crippen LogP) is 0.714. The Morgan fingerprint density at radius 2 is 2.17 bits per heavy atom. The maximum absolute atomic E-state index is 12.2. The van der Waals surface area contributed by atoms with Gasteiger partial charge in [0.25, 0.3) is 5.56 Å². The number of hydrogen-bond donors (Lipinski definition) is 1. The van der Waals surface area contributed by atoms with Gasteiger partial charge in [0.15, 0.2) is 0 Å². The van der Waals surface area contributed by atoms with Gasteiger partial charge in [-0.2, -0.15) is 0 Å². The van der Waals surface area contributed by atoms with Crippen LogP contribution in [0.25, 0.3) is 11.0 Å². The Balaban J connectivity index is 2.21. The molecule has 1 atom stereocenters. The third kappa shape index (κ3) is 1.54. The van der Waals surface area contributed by atoms with Gasteiger partial charge in [-0.05, 0) is 12.1 Å². The number of aryl methyl sites for hydroxylation is 1. The van der Waals surface area contributed by atoms with Crippen LogP contribution in [-0.2, 0) is 11.8 Å². The van der Waals surface area contributed by atoms with E-state index in [1.807, 2.05) is 24.3 Å².